The van der Waals surface area contributed by atoms with Gasteiger partial charge in [-0.15, -0.1) is 11.3 Å². The maximum absolute atomic E-state index is 13.8. The van der Waals surface area contributed by atoms with Gasteiger partial charge in [0.1, 0.15) is 11.2 Å². The number of hydrogen-bond acceptors (Lipinski definition) is 5. The Morgan fingerprint density at radius 1 is 1.12 bits per heavy atom. The van der Waals surface area contributed by atoms with Crippen molar-refractivity contribution in [1.29, 1.82) is 0 Å². The number of allylic oxidation sites excluding steroid dienone is 4. The Bertz CT molecular complexity index is 1840. The normalized spacial score (nSPS) is 19.4. The molecule has 7 rings (SSSR count). The van der Waals surface area contributed by atoms with Crippen LogP contribution in [0.1, 0.15) is 23.9 Å². The van der Waals surface area contributed by atoms with Crippen LogP contribution in [0.15, 0.2) is 72.5 Å². The first kappa shape index (κ1) is 25.0. The molecule has 5 aromatic rings. The Labute approximate surface area is 234 Å². The minimum atomic E-state index is -2.60. The van der Waals surface area contributed by atoms with E-state index < -0.39 is 5.92 Å². The molecule has 1 aliphatic heterocycles. The molecule has 1 aliphatic carbocycles. The summed E-state index contributed by atoms with van der Waals surface area (Å²) >= 11 is 1.73. The van der Waals surface area contributed by atoms with E-state index in [9.17, 15) is 8.78 Å². The monoisotopic (exact) mass is 554 g/mol. The molecule has 1 atom stereocenters. The van der Waals surface area contributed by atoms with Gasteiger partial charge in [0.25, 0.3) is 5.92 Å². The first-order valence-corrected chi connectivity index (χ1v) is 14.2. The van der Waals surface area contributed by atoms with Crippen molar-refractivity contribution in [2.45, 2.75) is 26.2 Å². The minimum absolute atomic E-state index is 0.0805. The number of rotatable bonds is 5. The number of aromatic amines is 2. The average molecular weight is 555 g/mol. The van der Waals surface area contributed by atoms with Gasteiger partial charge < -0.3 is 4.98 Å². The van der Waals surface area contributed by atoms with Gasteiger partial charge in [-0.05, 0) is 66.5 Å². The van der Waals surface area contributed by atoms with Gasteiger partial charge in [-0.1, -0.05) is 25.2 Å². The van der Waals surface area contributed by atoms with E-state index in [0.717, 1.165) is 60.7 Å². The van der Waals surface area contributed by atoms with Crippen LogP contribution in [0.3, 0.4) is 0 Å². The molecule has 202 valence electrons. The molecule has 5 aromatic heterocycles. The van der Waals surface area contributed by atoms with Crippen LogP contribution in [0.5, 0.6) is 0 Å². The molecular weight excluding hydrogens is 526 g/mol. The van der Waals surface area contributed by atoms with E-state index in [1.807, 2.05) is 29.3 Å². The van der Waals surface area contributed by atoms with Crippen molar-refractivity contribution in [3.05, 3.63) is 83.0 Å². The standard InChI is InChI=1S/C31H28F2N6S/c1-18-3-5-20(16-39-12-10-31(32,33)17-39)14-21(13-18)23-6-7-25-29(36-23)30(38-37-25)26-15-22-24(35-26)9-11-34-28(22)27-8-4-19(2)40-27/h3-9,11,13-15,18,35H,10,12,16-17H2,1-2H3,(H,37,38). The van der Waals surface area contributed by atoms with Crippen molar-refractivity contribution in [2.24, 2.45) is 5.92 Å². The number of aryl methyl sites for hydroxylation is 1. The van der Waals surface area contributed by atoms with Gasteiger partial charge in [-0.2, -0.15) is 5.10 Å². The molecule has 6 heterocycles. The number of pyridine rings is 2. The molecule has 1 saturated heterocycles. The Balaban J connectivity index is 1.25. The first-order chi connectivity index (χ1) is 19.3. The first-order valence-electron chi connectivity index (χ1n) is 13.4. The molecule has 0 radical (unpaired) electrons. The lowest BCUT2D eigenvalue weighted by Crippen LogP contribution is -2.26. The SMILES string of the molecule is Cc1ccc(-c2nccc3[nH]c(-c4n[nH]c5ccc(C6=CC(C)C=CC(CN7CCC(F)(F)C7)=C6)nc45)cc23)s1. The molecule has 0 amide bonds. The number of nitrogens with zero attached hydrogens (tertiary/aromatic N) is 4. The van der Waals surface area contributed by atoms with Crippen molar-refractivity contribution in [1.82, 2.24) is 30.0 Å². The number of likely N-dealkylation sites (tertiary alicyclic amines) is 1. The van der Waals surface area contributed by atoms with E-state index in [4.69, 9.17) is 4.98 Å². The molecule has 9 heteroatoms. The number of halogens is 2. The zero-order chi connectivity index (χ0) is 27.4. The third-order valence-electron chi connectivity index (χ3n) is 7.53. The van der Waals surface area contributed by atoms with Gasteiger partial charge in [0.15, 0.2) is 0 Å². The summed E-state index contributed by atoms with van der Waals surface area (Å²) in [5.74, 6) is -2.42. The molecule has 0 aromatic carbocycles. The summed E-state index contributed by atoms with van der Waals surface area (Å²) in [6.45, 7) is 4.92. The Morgan fingerprint density at radius 2 is 2.02 bits per heavy atom. The van der Waals surface area contributed by atoms with Crippen LogP contribution in [0.4, 0.5) is 8.78 Å². The Morgan fingerprint density at radius 3 is 2.83 bits per heavy atom. The Kier molecular flexibility index (Phi) is 6.01. The highest BCUT2D eigenvalue weighted by atomic mass is 32.1. The molecule has 0 saturated carbocycles. The molecular formula is C31H28F2N6S. The number of hydrogen-bond donors (Lipinski definition) is 2. The number of alkyl halides is 2. The van der Waals surface area contributed by atoms with E-state index in [0.29, 0.717) is 13.1 Å². The van der Waals surface area contributed by atoms with Gasteiger partial charge in [-0.3, -0.25) is 15.0 Å². The van der Waals surface area contributed by atoms with Gasteiger partial charge >= 0.3 is 0 Å². The molecule has 6 nitrogen and oxygen atoms in total. The van der Waals surface area contributed by atoms with Crippen LogP contribution in [0, 0.1) is 12.8 Å². The molecule has 1 unspecified atom stereocenters. The number of aromatic nitrogens is 5. The second kappa shape index (κ2) is 9.60. The van der Waals surface area contributed by atoms with Crippen molar-refractivity contribution in [3.63, 3.8) is 0 Å². The summed E-state index contributed by atoms with van der Waals surface area (Å²) in [7, 11) is 0. The van der Waals surface area contributed by atoms with Crippen LogP contribution in [0.2, 0.25) is 0 Å². The maximum Gasteiger partial charge on any atom is 0.261 e. The largest absolute Gasteiger partial charge is 0.353 e. The number of H-pyrrole nitrogens is 2. The lowest BCUT2D eigenvalue weighted by Gasteiger charge is -2.16. The lowest BCUT2D eigenvalue weighted by atomic mass is 10.0. The lowest BCUT2D eigenvalue weighted by molar-refractivity contribution is 0.0131. The summed E-state index contributed by atoms with van der Waals surface area (Å²) in [6, 6.07) is 12.3. The summed E-state index contributed by atoms with van der Waals surface area (Å²) in [4.78, 5) is 17.4. The zero-order valence-electron chi connectivity index (χ0n) is 22.2. The van der Waals surface area contributed by atoms with Crippen LogP contribution in [0.25, 0.3) is 49.5 Å². The fourth-order valence-corrected chi connectivity index (χ4v) is 6.43. The summed E-state index contributed by atoms with van der Waals surface area (Å²) in [5, 5.41) is 8.79. The van der Waals surface area contributed by atoms with E-state index in [2.05, 4.69) is 76.5 Å². The number of nitrogens with one attached hydrogen (secondary N) is 2. The molecule has 40 heavy (non-hydrogen) atoms. The minimum Gasteiger partial charge on any atom is -0.353 e. The predicted molar refractivity (Wildman–Crippen MR) is 157 cm³/mol. The van der Waals surface area contributed by atoms with Crippen molar-refractivity contribution in [2.75, 3.05) is 19.6 Å². The highest BCUT2D eigenvalue weighted by Gasteiger charge is 2.38. The fourth-order valence-electron chi connectivity index (χ4n) is 5.55. The topological polar surface area (TPSA) is 73.5 Å². The molecule has 0 bridgehead atoms. The molecule has 2 aliphatic rings. The predicted octanol–water partition coefficient (Wildman–Crippen LogP) is 7.39. The van der Waals surface area contributed by atoms with Gasteiger partial charge in [-0.25, -0.2) is 13.8 Å². The zero-order valence-corrected chi connectivity index (χ0v) is 23.0. The average Bonchev–Trinajstić information content (AvgIpc) is 3.69. The number of fused-ring (bicyclic) bond motifs is 2. The van der Waals surface area contributed by atoms with E-state index in [1.54, 1.807) is 11.3 Å². The third-order valence-corrected chi connectivity index (χ3v) is 8.54. The highest BCUT2D eigenvalue weighted by Crippen LogP contribution is 2.36. The second-order valence-corrected chi connectivity index (χ2v) is 12.0. The van der Waals surface area contributed by atoms with Gasteiger partial charge in [0.2, 0.25) is 0 Å². The van der Waals surface area contributed by atoms with Crippen LogP contribution < -0.4 is 0 Å². The summed E-state index contributed by atoms with van der Waals surface area (Å²) < 4.78 is 27.6. The van der Waals surface area contributed by atoms with E-state index >= 15 is 0 Å². The summed E-state index contributed by atoms with van der Waals surface area (Å²) in [6.07, 6.45) is 10.2. The Hall–Kier alpha value is -3.95. The van der Waals surface area contributed by atoms with Crippen LogP contribution in [-0.4, -0.2) is 55.6 Å². The third kappa shape index (κ3) is 4.69. The van der Waals surface area contributed by atoms with Gasteiger partial charge in [0, 0.05) is 41.5 Å². The van der Waals surface area contributed by atoms with Crippen LogP contribution >= 0.6 is 11.3 Å². The fraction of sp³-hybridized carbons (Fsp3) is 0.258. The molecule has 1 fully saturated rings. The van der Waals surface area contributed by atoms with Crippen molar-refractivity contribution < 1.29 is 8.78 Å². The highest BCUT2D eigenvalue weighted by molar-refractivity contribution is 7.15. The van der Waals surface area contributed by atoms with Crippen molar-refractivity contribution in [3.8, 4) is 22.0 Å². The van der Waals surface area contributed by atoms with Gasteiger partial charge in [0.05, 0.1) is 34.0 Å². The second-order valence-electron chi connectivity index (χ2n) is 10.8. The quantitative estimate of drug-likeness (QED) is 0.238. The smallest absolute Gasteiger partial charge is 0.261 e. The van der Waals surface area contributed by atoms with E-state index in [1.165, 1.54) is 4.88 Å². The maximum atomic E-state index is 13.8. The van der Waals surface area contributed by atoms with E-state index in [-0.39, 0.29) is 18.9 Å². The number of thiophene rings is 1. The van der Waals surface area contributed by atoms with Crippen molar-refractivity contribution >= 4 is 38.8 Å². The summed E-state index contributed by atoms with van der Waals surface area (Å²) in [5.41, 5.74) is 7.96. The molecule has 2 N–H and O–H groups in total. The molecule has 0 spiro atoms. The van der Waals surface area contributed by atoms with Crippen LogP contribution in [-0.2, 0) is 0 Å².